The average molecular weight is 614 g/mol. The third-order valence-electron chi connectivity index (χ3n) is 8.65. The number of piperazine rings is 1. The van der Waals surface area contributed by atoms with Crippen LogP contribution in [0.4, 0.5) is 11.4 Å². The highest BCUT2D eigenvalue weighted by Crippen LogP contribution is 2.29. The van der Waals surface area contributed by atoms with Crippen LogP contribution >= 0.6 is 0 Å². The highest BCUT2D eigenvalue weighted by molar-refractivity contribution is 6.00. The van der Waals surface area contributed by atoms with E-state index in [0.717, 1.165) is 54.0 Å². The van der Waals surface area contributed by atoms with Gasteiger partial charge in [-0.15, -0.1) is 0 Å². The summed E-state index contributed by atoms with van der Waals surface area (Å²) < 4.78 is 10.4. The molecule has 10 heteroatoms. The molecule has 10 nitrogen and oxygen atoms in total. The van der Waals surface area contributed by atoms with E-state index in [0.29, 0.717) is 43.9 Å². The van der Waals surface area contributed by atoms with Crippen molar-refractivity contribution in [1.29, 1.82) is 0 Å². The van der Waals surface area contributed by atoms with Gasteiger partial charge in [0.2, 0.25) is 11.8 Å². The molecule has 0 atom stereocenters. The molecule has 2 aliphatic rings. The molecule has 5 rings (SSSR count). The van der Waals surface area contributed by atoms with Gasteiger partial charge in [-0.05, 0) is 79.3 Å². The lowest BCUT2D eigenvalue weighted by Crippen LogP contribution is -2.49. The molecule has 45 heavy (non-hydrogen) atoms. The van der Waals surface area contributed by atoms with Gasteiger partial charge in [-0.3, -0.25) is 14.4 Å². The van der Waals surface area contributed by atoms with Crippen LogP contribution in [-0.4, -0.2) is 75.1 Å². The van der Waals surface area contributed by atoms with E-state index in [-0.39, 0.29) is 36.2 Å². The fourth-order valence-corrected chi connectivity index (χ4v) is 5.94. The van der Waals surface area contributed by atoms with Crippen LogP contribution in [0.3, 0.4) is 0 Å². The largest absolute Gasteiger partial charge is 0.497 e. The Morgan fingerprint density at radius 3 is 1.93 bits per heavy atom. The van der Waals surface area contributed by atoms with Crippen molar-refractivity contribution in [3.8, 4) is 11.5 Å². The molecule has 2 fully saturated rings. The Hall–Kier alpha value is -4.57. The molecule has 0 aromatic heterocycles. The van der Waals surface area contributed by atoms with Gasteiger partial charge in [-0.1, -0.05) is 24.3 Å². The summed E-state index contributed by atoms with van der Waals surface area (Å²) in [6.07, 6.45) is 4.01. The molecule has 3 aromatic rings. The summed E-state index contributed by atoms with van der Waals surface area (Å²) in [6, 6.07) is 20.7. The Morgan fingerprint density at radius 1 is 0.778 bits per heavy atom. The summed E-state index contributed by atoms with van der Waals surface area (Å²) in [5.41, 5.74) is 9.71. The number of nitrogens with one attached hydrogen (secondary N) is 2. The average Bonchev–Trinajstić information content (AvgIpc) is 3.06. The Bertz CT molecular complexity index is 1460. The number of carbonyl (C=O) groups is 3. The highest BCUT2D eigenvalue weighted by Gasteiger charge is 2.25. The summed E-state index contributed by atoms with van der Waals surface area (Å²) in [7, 11) is 3.22. The molecule has 1 heterocycles. The smallest absolute Gasteiger partial charge is 0.251 e. The van der Waals surface area contributed by atoms with Crippen molar-refractivity contribution < 1.29 is 23.9 Å². The molecule has 0 unspecified atom stereocenters. The van der Waals surface area contributed by atoms with Crippen LogP contribution in [0.1, 0.15) is 47.2 Å². The quantitative estimate of drug-likeness (QED) is 0.318. The van der Waals surface area contributed by atoms with Crippen molar-refractivity contribution in [2.45, 2.75) is 50.6 Å². The summed E-state index contributed by atoms with van der Waals surface area (Å²) in [4.78, 5) is 43.6. The Balaban J connectivity index is 1.27. The van der Waals surface area contributed by atoms with E-state index in [9.17, 15) is 14.4 Å². The number of anilines is 2. The fourth-order valence-electron chi connectivity index (χ4n) is 5.94. The minimum atomic E-state index is -0.187. The van der Waals surface area contributed by atoms with Gasteiger partial charge in [0.25, 0.3) is 5.91 Å². The molecule has 1 saturated heterocycles. The molecule has 3 amide bonds. The number of amides is 3. The first-order valence-corrected chi connectivity index (χ1v) is 15.6. The number of carbonyl (C=O) groups excluding carboxylic acids is 3. The molecule has 1 aliphatic heterocycles. The second-order valence-electron chi connectivity index (χ2n) is 11.8. The summed E-state index contributed by atoms with van der Waals surface area (Å²) in [5, 5.41) is 6.21. The van der Waals surface area contributed by atoms with Crippen molar-refractivity contribution in [2.24, 2.45) is 5.73 Å². The maximum absolute atomic E-state index is 13.2. The van der Waals surface area contributed by atoms with Crippen LogP contribution in [0.2, 0.25) is 0 Å². The Labute approximate surface area is 264 Å². The fraction of sp³-hybridized carbons (Fsp3) is 0.400. The van der Waals surface area contributed by atoms with Crippen molar-refractivity contribution in [3.05, 3.63) is 83.4 Å². The lowest BCUT2D eigenvalue weighted by Gasteiger charge is -2.37. The number of nitrogens with two attached hydrogens (primary N) is 1. The van der Waals surface area contributed by atoms with Crippen molar-refractivity contribution >= 4 is 29.1 Å². The number of hydrogen-bond acceptors (Lipinski definition) is 7. The molecule has 3 aromatic carbocycles. The highest BCUT2D eigenvalue weighted by atomic mass is 16.5. The second-order valence-corrected chi connectivity index (χ2v) is 11.8. The zero-order chi connectivity index (χ0) is 31.8. The summed E-state index contributed by atoms with van der Waals surface area (Å²) in [6.45, 7) is 2.31. The molecular weight excluding hydrogens is 570 g/mol. The lowest BCUT2D eigenvalue weighted by molar-refractivity contribution is -0.130. The first-order chi connectivity index (χ1) is 21.8. The molecule has 1 aliphatic carbocycles. The maximum atomic E-state index is 13.2. The van der Waals surface area contributed by atoms with Crippen LogP contribution in [0.25, 0.3) is 0 Å². The predicted molar refractivity (Wildman–Crippen MR) is 175 cm³/mol. The van der Waals surface area contributed by atoms with Crippen molar-refractivity contribution in [2.75, 3.05) is 50.6 Å². The standard InChI is InChI=1S/C35H43N5O5/c1-44-29-12-3-24(4-13-29)21-33(41)38-31-23-26(35(43)37-28-10-8-27(36)9-11-28)7-16-32(31)39-17-19-40(20-18-39)34(42)22-25-5-14-30(45-2)15-6-25/h3-7,12-16,23,27-28H,8-11,17-22,36H2,1-2H3,(H,37,43)(H,38,41). The third kappa shape index (κ3) is 8.54. The number of nitrogens with zero attached hydrogens (tertiary/aromatic N) is 2. The first kappa shape index (κ1) is 31.8. The van der Waals surface area contributed by atoms with E-state index in [1.807, 2.05) is 59.5 Å². The van der Waals surface area contributed by atoms with Gasteiger partial charge in [0.1, 0.15) is 11.5 Å². The Morgan fingerprint density at radius 2 is 1.36 bits per heavy atom. The van der Waals surface area contributed by atoms with Gasteiger partial charge >= 0.3 is 0 Å². The van der Waals surface area contributed by atoms with E-state index < -0.39 is 0 Å². The van der Waals surface area contributed by atoms with Gasteiger partial charge in [0.05, 0.1) is 38.4 Å². The van der Waals surface area contributed by atoms with Gasteiger partial charge in [-0.25, -0.2) is 0 Å². The summed E-state index contributed by atoms with van der Waals surface area (Å²) in [5.74, 6) is 1.20. The maximum Gasteiger partial charge on any atom is 0.251 e. The second kappa shape index (κ2) is 14.9. The van der Waals surface area contributed by atoms with Crippen molar-refractivity contribution in [1.82, 2.24) is 10.2 Å². The molecular formula is C35H43N5O5. The zero-order valence-electron chi connectivity index (χ0n) is 26.1. The number of hydrogen-bond donors (Lipinski definition) is 3. The van der Waals surface area contributed by atoms with Gasteiger partial charge in [0, 0.05) is 43.8 Å². The molecule has 1 saturated carbocycles. The van der Waals surface area contributed by atoms with Gasteiger partial charge in [0.15, 0.2) is 0 Å². The van der Waals surface area contributed by atoms with Crippen LogP contribution in [-0.2, 0) is 22.4 Å². The lowest BCUT2D eigenvalue weighted by atomic mass is 9.91. The van der Waals surface area contributed by atoms with Crippen LogP contribution in [0.15, 0.2) is 66.7 Å². The monoisotopic (exact) mass is 613 g/mol. The predicted octanol–water partition coefficient (Wildman–Crippen LogP) is 3.78. The number of rotatable bonds is 10. The molecule has 4 N–H and O–H groups in total. The van der Waals surface area contributed by atoms with E-state index in [1.165, 1.54) is 0 Å². The van der Waals surface area contributed by atoms with Gasteiger partial charge < -0.3 is 35.6 Å². The third-order valence-corrected chi connectivity index (χ3v) is 8.65. The van der Waals surface area contributed by atoms with Gasteiger partial charge in [-0.2, -0.15) is 0 Å². The zero-order valence-corrected chi connectivity index (χ0v) is 26.1. The normalized spacial score (nSPS) is 18.2. The summed E-state index contributed by atoms with van der Waals surface area (Å²) >= 11 is 0. The van der Waals surface area contributed by atoms with Crippen LogP contribution < -0.4 is 30.7 Å². The molecule has 238 valence electrons. The molecule has 0 bridgehead atoms. The topological polar surface area (TPSA) is 126 Å². The van der Waals surface area contributed by atoms with E-state index in [2.05, 4.69) is 15.5 Å². The van der Waals surface area contributed by atoms with Crippen molar-refractivity contribution in [3.63, 3.8) is 0 Å². The van der Waals surface area contributed by atoms with Crippen LogP contribution in [0.5, 0.6) is 11.5 Å². The number of benzene rings is 3. The molecule has 0 radical (unpaired) electrons. The first-order valence-electron chi connectivity index (χ1n) is 15.6. The van der Waals surface area contributed by atoms with E-state index in [4.69, 9.17) is 15.2 Å². The molecule has 0 spiro atoms. The number of ether oxygens (including phenoxy) is 2. The van der Waals surface area contributed by atoms with E-state index >= 15 is 0 Å². The van der Waals surface area contributed by atoms with Crippen LogP contribution in [0, 0.1) is 0 Å². The van der Waals surface area contributed by atoms with E-state index in [1.54, 1.807) is 26.4 Å². The number of methoxy groups -OCH3 is 2. The Kier molecular flexibility index (Phi) is 10.6. The minimum absolute atomic E-state index is 0.0727. The SMILES string of the molecule is COc1ccc(CC(=O)Nc2cc(C(=O)NC3CCC(N)CC3)ccc2N2CCN(C(=O)Cc3ccc(OC)cc3)CC2)cc1. The minimum Gasteiger partial charge on any atom is -0.497 e.